The summed E-state index contributed by atoms with van der Waals surface area (Å²) in [6.07, 6.45) is 5.42. The SMILES string of the molecule is CNC(=O)c1cc(Oc2ccc3c(c2)SC(N[C@@H]2CCCC[C@H]2O)N3C)ccn1. The molecule has 0 saturated heterocycles. The quantitative estimate of drug-likeness (QED) is 0.693. The zero-order chi connectivity index (χ0) is 20.4. The second-order valence-electron chi connectivity index (χ2n) is 7.39. The Morgan fingerprint density at radius 1 is 1.24 bits per heavy atom. The van der Waals surface area contributed by atoms with E-state index in [0.29, 0.717) is 17.2 Å². The van der Waals surface area contributed by atoms with Crippen molar-refractivity contribution in [1.29, 1.82) is 0 Å². The summed E-state index contributed by atoms with van der Waals surface area (Å²) in [5.41, 5.74) is 1.53. The second kappa shape index (κ2) is 8.61. The summed E-state index contributed by atoms with van der Waals surface area (Å²) in [6, 6.07) is 9.46. The van der Waals surface area contributed by atoms with E-state index in [1.807, 2.05) is 18.2 Å². The molecule has 1 aliphatic heterocycles. The Morgan fingerprint density at radius 3 is 2.83 bits per heavy atom. The number of aromatic nitrogens is 1. The standard InChI is InChI=1S/C21H26N4O3S/c1-22-20(27)16-11-14(9-10-23-16)28-13-7-8-17-19(12-13)29-21(25(17)2)24-15-5-3-4-6-18(15)26/h7-12,15,18,21,24,26H,3-6H2,1-2H3,(H,22,27)/t15-,18-,21?/m1/s1. The van der Waals surface area contributed by atoms with Crippen molar-refractivity contribution in [2.45, 2.75) is 48.2 Å². The van der Waals surface area contributed by atoms with E-state index in [2.05, 4.69) is 27.6 Å². The third kappa shape index (κ3) is 4.34. The van der Waals surface area contributed by atoms with Crippen LogP contribution in [0.5, 0.6) is 11.5 Å². The Bertz CT molecular complexity index is 894. The highest BCUT2D eigenvalue weighted by Gasteiger charge is 2.32. The van der Waals surface area contributed by atoms with Crippen molar-refractivity contribution < 1.29 is 14.6 Å². The van der Waals surface area contributed by atoms with Gasteiger partial charge in [0.25, 0.3) is 5.91 Å². The molecule has 4 rings (SSSR count). The number of nitrogens with zero attached hydrogens (tertiary/aromatic N) is 2. The fourth-order valence-corrected chi connectivity index (χ4v) is 5.04. The smallest absolute Gasteiger partial charge is 0.269 e. The van der Waals surface area contributed by atoms with Gasteiger partial charge in [0, 0.05) is 37.3 Å². The number of carbonyl (C=O) groups excluding carboxylic acids is 1. The Balaban J connectivity index is 1.46. The number of fused-ring (bicyclic) bond motifs is 1. The molecule has 154 valence electrons. The molecule has 0 spiro atoms. The number of hydrogen-bond donors (Lipinski definition) is 3. The zero-order valence-corrected chi connectivity index (χ0v) is 17.4. The van der Waals surface area contributed by atoms with Crippen molar-refractivity contribution in [3.05, 3.63) is 42.2 Å². The van der Waals surface area contributed by atoms with Gasteiger partial charge in [-0.15, -0.1) is 0 Å². The fraction of sp³-hybridized carbons (Fsp3) is 0.429. The van der Waals surface area contributed by atoms with Crippen molar-refractivity contribution in [2.75, 3.05) is 19.0 Å². The number of nitrogens with one attached hydrogen (secondary N) is 2. The number of ether oxygens (including phenoxy) is 1. The monoisotopic (exact) mass is 414 g/mol. The number of aliphatic hydroxyl groups excluding tert-OH is 1. The average Bonchev–Trinajstić information content (AvgIpc) is 3.04. The van der Waals surface area contributed by atoms with Gasteiger partial charge < -0.3 is 20.1 Å². The van der Waals surface area contributed by atoms with E-state index >= 15 is 0 Å². The van der Waals surface area contributed by atoms with Crippen LogP contribution in [0.2, 0.25) is 0 Å². The van der Waals surface area contributed by atoms with Crippen molar-refractivity contribution in [2.24, 2.45) is 0 Å². The number of pyridine rings is 1. The molecule has 0 bridgehead atoms. The molecule has 1 aromatic heterocycles. The van der Waals surface area contributed by atoms with E-state index in [1.54, 1.807) is 37.1 Å². The predicted octanol–water partition coefficient (Wildman–Crippen LogP) is 2.95. The van der Waals surface area contributed by atoms with Crippen molar-refractivity contribution in [3.63, 3.8) is 0 Å². The third-order valence-electron chi connectivity index (χ3n) is 5.41. The molecule has 3 N–H and O–H groups in total. The molecule has 0 radical (unpaired) electrons. The maximum atomic E-state index is 11.8. The van der Waals surface area contributed by atoms with E-state index in [-0.39, 0.29) is 23.6 Å². The minimum atomic E-state index is -0.276. The first-order chi connectivity index (χ1) is 14.0. The molecule has 1 aliphatic carbocycles. The van der Waals surface area contributed by atoms with Gasteiger partial charge in [0.05, 0.1) is 11.8 Å². The molecule has 1 amide bonds. The average molecular weight is 415 g/mol. The normalized spacial score (nSPS) is 23.6. The van der Waals surface area contributed by atoms with Crippen LogP contribution in [0.3, 0.4) is 0 Å². The van der Waals surface area contributed by atoms with Gasteiger partial charge in [0.1, 0.15) is 22.7 Å². The molecule has 29 heavy (non-hydrogen) atoms. The third-order valence-corrected chi connectivity index (χ3v) is 6.67. The molecule has 1 fully saturated rings. The minimum Gasteiger partial charge on any atom is -0.457 e. The summed E-state index contributed by atoms with van der Waals surface area (Å²) in [4.78, 5) is 19.1. The highest BCUT2D eigenvalue weighted by Crippen LogP contribution is 2.44. The summed E-state index contributed by atoms with van der Waals surface area (Å²) in [6.45, 7) is 0. The Morgan fingerprint density at radius 2 is 2.03 bits per heavy atom. The lowest BCUT2D eigenvalue weighted by Crippen LogP contribution is -2.50. The van der Waals surface area contributed by atoms with Gasteiger partial charge >= 0.3 is 0 Å². The molecule has 2 aromatic rings. The second-order valence-corrected chi connectivity index (χ2v) is 8.52. The van der Waals surface area contributed by atoms with E-state index in [4.69, 9.17) is 4.74 Å². The lowest BCUT2D eigenvalue weighted by Gasteiger charge is -2.33. The first-order valence-electron chi connectivity index (χ1n) is 9.89. The first kappa shape index (κ1) is 20.0. The van der Waals surface area contributed by atoms with Crippen molar-refractivity contribution in [1.82, 2.24) is 15.6 Å². The zero-order valence-electron chi connectivity index (χ0n) is 16.6. The van der Waals surface area contributed by atoms with Crippen LogP contribution >= 0.6 is 11.8 Å². The summed E-state index contributed by atoms with van der Waals surface area (Å²) in [5, 5.41) is 16.4. The predicted molar refractivity (Wildman–Crippen MR) is 114 cm³/mol. The molecule has 8 heteroatoms. The number of thioether (sulfide) groups is 1. The van der Waals surface area contributed by atoms with Gasteiger partial charge in [-0.25, -0.2) is 0 Å². The number of amides is 1. The van der Waals surface area contributed by atoms with Crippen LogP contribution in [0.1, 0.15) is 36.2 Å². The van der Waals surface area contributed by atoms with Crippen LogP contribution in [0.4, 0.5) is 5.69 Å². The Labute approximate surface area is 174 Å². The molecular formula is C21H26N4O3S. The molecule has 2 heterocycles. The van der Waals surface area contributed by atoms with Crippen LogP contribution in [-0.4, -0.2) is 47.7 Å². The summed E-state index contributed by atoms with van der Waals surface area (Å²) in [7, 11) is 3.63. The number of anilines is 1. The van der Waals surface area contributed by atoms with Crippen molar-refractivity contribution in [3.8, 4) is 11.5 Å². The first-order valence-corrected chi connectivity index (χ1v) is 10.8. The van der Waals surface area contributed by atoms with Crippen LogP contribution < -0.4 is 20.3 Å². The van der Waals surface area contributed by atoms with Gasteiger partial charge in [-0.05, 0) is 37.1 Å². The summed E-state index contributed by atoms with van der Waals surface area (Å²) in [5.74, 6) is 1.02. The maximum Gasteiger partial charge on any atom is 0.269 e. The van der Waals surface area contributed by atoms with Gasteiger partial charge in [0.15, 0.2) is 0 Å². The topological polar surface area (TPSA) is 86.7 Å². The van der Waals surface area contributed by atoms with Gasteiger partial charge in [-0.1, -0.05) is 24.6 Å². The van der Waals surface area contributed by atoms with E-state index in [1.165, 1.54) is 0 Å². The largest absolute Gasteiger partial charge is 0.457 e. The van der Waals surface area contributed by atoms with Crippen LogP contribution in [0, 0.1) is 0 Å². The molecule has 1 saturated carbocycles. The molecule has 1 unspecified atom stereocenters. The van der Waals surface area contributed by atoms with E-state index in [9.17, 15) is 9.90 Å². The lowest BCUT2D eigenvalue weighted by atomic mass is 9.93. The Kier molecular flexibility index (Phi) is 5.94. The van der Waals surface area contributed by atoms with Crippen LogP contribution in [-0.2, 0) is 0 Å². The minimum absolute atomic E-state index is 0.0822. The van der Waals surface area contributed by atoms with E-state index < -0.39 is 0 Å². The number of carbonyl (C=O) groups is 1. The molecular weight excluding hydrogens is 388 g/mol. The van der Waals surface area contributed by atoms with E-state index in [0.717, 1.165) is 36.3 Å². The molecule has 3 atom stereocenters. The highest BCUT2D eigenvalue weighted by atomic mass is 32.2. The van der Waals surface area contributed by atoms with Gasteiger partial charge in [0.2, 0.25) is 0 Å². The van der Waals surface area contributed by atoms with Crippen LogP contribution in [0.15, 0.2) is 41.4 Å². The van der Waals surface area contributed by atoms with Gasteiger partial charge in [-0.2, -0.15) is 0 Å². The molecule has 2 aliphatic rings. The van der Waals surface area contributed by atoms with Gasteiger partial charge in [-0.3, -0.25) is 15.1 Å². The van der Waals surface area contributed by atoms with Crippen molar-refractivity contribution >= 4 is 23.4 Å². The molecule has 1 aromatic carbocycles. The lowest BCUT2D eigenvalue weighted by molar-refractivity contribution is 0.0898. The number of hydrogen-bond acceptors (Lipinski definition) is 7. The number of aliphatic hydroxyl groups is 1. The number of benzene rings is 1. The maximum absolute atomic E-state index is 11.8. The Hall–Kier alpha value is -2.29. The summed E-state index contributed by atoms with van der Waals surface area (Å²) >= 11 is 1.72. The molecule has 7 nitrogen and oxygen atoms in total. The number of rotatable bonds is 5. The van der Waals surface area contributed by atoms with Crippen LogP contribution in [0.25, 0.3) is 0 Å². The highest BCUT2D eigenvalue weighted by molar-refractivity contribution is 8.00. The summed E-state index contributed by atoms with van der Waals surface area (Å²) < 4.78 is 5.96. The fourth-order valence-electron chi connectivity index (χ4n) is 3.77.